The Morgan fingerprint density at radius 1 is 0.640 bits per heavy atom. The van der Waals surface area contributed by atoms with Crippen LogP contribution in [-0.2, 0) is 9.47 Å². The quantitative estimate of drug-likeness (QED) is 0.202. The summed E-state index contributed by atoms with van der Waals surface area (Å²) in [6.45, 7) is -1.73. The van der Waals surface area contributed by atoms with Crippen LogP contribution in [0.2, 0.25) is 0 Å². The molecule has 0 unspecified atom stereocenters. The van der Waals surface area contributed by atoms with Gasteiger partial charge < -0.3 is 60.5 Å². The largest absolute Gasteiger partial charge is 0.394 e. The molecule has 2 aliphatic rings. The van der Waals surface area contributed by atoms with Gasteiger partial charge in [0.25, 0.3) is 10.2 Å². The molecule has 2 heterocycles. The van der Waals surface area contributed by atoms with Crippen LogP contribution in [0.4, 0.5) is 0 Å². The second-order valence-corrected chi connectivity index (χ2v) is 7.27. The van der Waals surface area contributed by atoms with Crippen LogP contribution in [0.3, 0.4) is 0 Å². The third-order valence-electron chi connectivity index (χ3n) is 4.15. The zero-order valence-electron chi connectivity index (χ0n) is 12.7. The molecule has 2 rings (SSSR count). The number of rotatable bonds is 4. The van der Waals surface area contributed by atoms with Crippen LogP contribution in [0.15, 0.2) is 0 Å². The predicted octanol–water partition coefficient (Wildman–Crippen LogP) is -6.04. The molecule has 0 aromatic carbocycles. The standard InChI is InChI=1S/C12H22O12S/c13-1-3-5(15)7(17)9(19)11(21,23-3)25-12(22)10(20)8(18)6(16)4(2-14)24-12/h3-10,13-22H,1-2H2/t3-,4-,5+,6+,7+,8+,9-,10-,11-,12-/m1/s1. The molecule has 10 N–H and O–H groups in total. The molecule has 0 bridgehead atoms. The molecule has 0 saturated carbocycles. The third-order valence-corrected chi connectivity index (χ3v) is 5.41. The zero-order chi connectivity index (χ0) is 19.2. The normalized spacial score (nSPS) is 54.5. The Labute approximate surface area is 145 Å². The van der Waals surface area contributed by atoms with Crippen molar-refractivity contribution in [1.82, 2.24) is 0 Å². The summed E-state index contributed by atoms with van der Waals surface area (Å²) in [6, 6.07) is 0. The van der Waals surface area contributed by atoms with Crippen molar-refractivity contribution in [2.45, 2.75) is 59.1 Å². The van der Waals surface area contributed by atoms with Crippen LogP contribution in [-0.4, -0.2) is 123 Å². The molecule has 25 heavy (non-hydrogen) atoms. The first-order chi connectivity index (χ1) is 11.5. The van der Waals surface area contributed by atoms with Crippen molar-refractivity contribution in [3.63, 3.8) is 0 Å². The highest BCUT2D eigenvalue weighted by atomic mass is 32.2. The van der Waals surface area contributed by atoms with E-state index in [1.807, 2.05) is 0 Å². The topological polar surface area (TPSA) is 221 Å². The van der Waals surface area contributed by atoms with Crippen molar-refractivity contribution < 1.29 is 60.5 Å². The number of thioether (sulfide) groups is 1. The van der Waals surface area contributed by atoms with Crippen molar-refractivity contribution in [3.05, 3.63) is 0 Å². The van der Waals surface area contributed by atoms with Crippen LogP contribution in [0.25, 0.3) is 0 Å². The van der Waals surface area contributed by atoms with E-state index in [1.165, 1.54) is 0 Å². The molecular formula is C12H22O12S. The lowest BCUT2D eigenvalue weighted by molar-refractivity contribution is -0.324. The van der Waals surface area contributed by atoms with Crippen molar-refractivity contribution >= 4 is 11.8 Å². The lowest BCUT2D eigenvalue weighted by atomic mass is 9.99. The minimum absolute atomic E-state index is 0.186. The van der Waals surface area contributed by atoms with E-state index in [0.29, 0.717) is 0 Å². The first-order valence-corrected chi connectivity index (χ1v) is 8.13. The second kappa shape index (κ2) is 7.47. The molecule has 0 aromatic heterocycles. The van der Waals surface area contributed by atoms with Crippen LogP contribution in [0, 0.1) is 0 Å². The van der Waals surface area contributed by atoms with Gasteiger partial charge in [0.2, 0.25) is 0 Å². The minimum Gasteiger partial charge on any atom is -0.394 e. The van der Waals surface area contributed by atoms with Crippen molar-refractivity contribution in [3.8, 4) is 0 Å². The second-order valence-electron chi connectivity index (χ2n) is 5.89. The molecule has 12 nitrogen and oxygen atoms in total. The molecule has 2 aliphatic heterocycles. The van der Waals surface area contributed by atoms with Gasteiger partial charge in [-0.05, 0) is 11.8 Å². The van der Waals surface area contributed by atoms with E-state index in [9.17, 15) is 40.9 Å². The first-order valence-electron chi connectivity index (χ1n) is 7.31. The van der Waals surface area contributed by atoms with Gasteiger partial charge in [-0.3, -0.25) is 0 Å². The lowest BCUT2D eigenvalue weighted by Crippen LogP contribution is -2.69. The molecule has 148 valence electrons. The summed E-state index contributed by atoms with van der Waals surface area (Å²) in [6.07, 6.45) is -15.0. The number of aliphatic hydroxyl groups is 10. The number of hydrogen-bond donors (Lipinski definition) is 10. The van der Waals surface area contributed by atoms with Crippen molar-refractivity contribution in [2.75, 3.05) is 13.2 Å². The van der Waals surface area contributed by atoms with Gasteiger partial charge in [-0.15, -0.1) is 0 Å². The van der Waals surface area contributed by atoms with E-state index in [1.54, 1.807) is 0 Å². The summed E-state index contributed by atoms with van der Waals surface area (Å²) in [5.74, 6) is 0. The summed E-state index contributed by atoms with van der Waals surface area (Å²) >= 11 is -0.186. The van der Waals surface area contributed by atoms with Gasteiger partial charge in [-0.1, -0.05) is 0 Å². The van der Waals surface area contributed by atoms with Gasteiger partial charge in [0.1, 0.15) is 48.8 Å². The molecule has 2 saturated heterocycles. The van der Waals surface area contributed by atoms with E-state index in [2.05, 4.69) is 0 Å². The Kier molecular flexibility index (Phi) is 6.33. The molecule has 0 aliphatic carbocycles. The molecule has 0 spiro atoms. The summed E-state index contributed by atoms with van der Waals surface area (Å²) in [4.78, 5) is 0. The maximum atomic E-state index is 10.4. The maximum absolute atomic E-state index is 10.4. The maximum Gasteiger partial charge on any atom is 0.250 e. The SMILES string of the molecule is OC[C@H]1O[C@@](O)(S[C@]2(O)O[C@H](CO)[C@H](O)[C@H](O)[C@H]2O)[C@H](O)[C@@H](O)[C@H]1O. The molecular weight excluding hydrogens is 368 g/mol. The van der Waals surface area contributed by atoms with Crippen LogP contribution >= 0.6 is 11.8 Å². The highest BCUT2D eigenvalue weighted by molar-refractivity contribution is 8.01. The summed E-state index contributed by atoms with van der Waals surface area (Å²) in [5.41, 5.74) is 0. The van der Waals surface area contributed by atoms with Crippen LogP contribution in [0.5, 0.6) is 0 Å². The van der Waals surface area contributed by atoms with Crippen LogP contribution in [0.1, 0.15) is 0 Å². The van der Waals surface area contributed by atoms with E-state index in [0.717, 1.165) is 0 Å². The van der Waals surface area contributed by atoms with Gasteiger partial charge in [-0.25, -0.2) is 0 Å². The predicted molar refractivity (Wildman–Crippen MR) is 77.4 cm³/mol. The van der Waals surface area contributed by atoms with E-state index in [4.69, 9.17) is 19.7 Å². The van der Waals surface area contributed by atoms with E-state index >= 15 is 0 Å². The highest BCUT2D eigenvalue weighted by Crippen LogP contribution is 2.47. The Bertz CT molecular complexity index is 425. The van der Waals surface area contributed by atoms with Crippen molar-refractivity contribution in [2.24, 2.45) is 0 Å². The van der Waals surface area contributed by atoms with Gasteiger partial charge in [-0.2, -0.15) is 0 Å². The lowest BCUT2D eigenvalue weighted by Gasteiger charge is -2.50. The van der Waals surface area contributed by atoms with E-state index in [-0.39, 0.29) is 11.8 Å². The molecule has 13 heteroatoms. The number of hydrogen-bond acceptors (Lipinski definition) is 13. The zero-order valence-corrected chi connectivity index (χ0v) is 13.5. The van der Waals surface area contributed by atoms with Crippen molar-refractivity contribution in [1.29, 1.82) is 0 Å². The third kappa shape index (κ3) is 3.66. The smallest absolute Gasteiger partial charge is 0.250 e. The minimum atomic E-state index is -2.89. The first kappa shape index (κ1) is 21.2. The number of aliphatic hydroxyl groups excluding tert-OH is 8. The van der Waals surface area contributed by atoms with Gasteiger partial charge >= 0.3 is 0 Å². The average Bonchev–Trinajstić information content (AvgIpc) is 2.58. The van der Waals surface area contributed by atoms with Gasteiger partial charge in [0, 0.05) is 0 Å². The van der Waals surface area contributed by atoms with E-state index < -0.39 is 72.3 Å². The fourth-order valence-electron chi connectivity index (χ4n) is 2.63. The average molecular weight is 390 g/mol. The van der Waals surface area contributed by atoms with Gasteiger partial charge in [0.15, 0.2) is 0 Å². The molecule has 0 radical (unpaired) electrons. The summed E-state index contributed by atoms with van der Waals surface area (Å²) in [5, 5.41) is 92.1. The summed E-state index contributed by atoms with van der Waals surface area (Å²) in [7, 11) is 0. The molecule has 2 fully saturated rings. The fraction of sp³-hybridized carbons (Fsp3) is 1.00. The fourth-order valence-corrected chi connectivity index (χ4v) is 3.91. The molecule has 10 atom stereocenters. The van der Waals surface area contributed by atoms with Gasteiger partial charge in [0.05, 0.1) is 13.2 Å². The van der Waals surface area contributed by atoms with Crippen LogP contribution < -0.4 is 0 Å². The monoisotopic (exact) mass is 390 g/mol. The Morgan fingerprint density at radius 2 is 0.960 bits per heavy atom. The molecule has 0 aromatic rings. The molecule has 0 amide bonds. The Morgan fingerprint density at radius 3 is 1.24 bits per heavy atom. The summed E-state index contributed by atoms with van der Waals surface area (Å²) < 4.78 is 9.83. The Balaban J connectivity index is 2.28. The number of ether oxygens (including phenoxy) is 2. The Hall–Kier alpha value is -0.130. The highest BCUT2D eigenvalue weighted by Gasteiger charge is 2.62.